The Balaban J connectivity index is 1.67. The van der Waals surface area contributed by atoms with Gasteiger partial charge >= 0.3 is 0 Å². The molecule has 40 heavy (non-hydrogen) atoms. The fraction of sp³-hybridized carbons (Fsp3) is 0.333. The third-order valence-electron chi connectivity index (χ3n) is 6.80. The molecule has 0 atom stereocenters. The first-order chi connectivity index (χ1) is 19.1. The third kappa shape index (κ3) is 6.39. The molecule has 1 aliphatic heterocycles. The van der Waals surface area contributed by atoms with Gasteiger partial charge in [0.2, 0.25) is 5.91 Å². The molecule has 1 N–H and O–H groups in total. The van der Waals surface area contributed by atoms with Crippen LogP contribution in [0.3, 0.4) is 0 Å². The molecule has 10 heteroatoms. The minimum atomic E-state index is -4.21. The lowest BCUT2D eigenvalue weighted by molar-refractivity contribution is -0.114. The number of benzene rings is 3. The molecule has 2 amide bonds. The van der Waals surface area contributed by atoms with Crippen LogP contribution in [0.4, 0.5) is 11.4 Å². The summed E-state index contributed by atoms with van der Waals surface area (Å²) in [5.74, 6) is -0.104. The highest BCUT2D eigenvalue weighted by atomic mass is 32.2. The van der Waals surface area contributed by atoms with Crippen LogP contribution in [0.15, 0.2) is 65.6 Å². The number of hydrogen-bond acceptors (Lipinski definition) is 6. The second-order valence-corrected chi connectivity index (χ2v) is 11.7. The first kappa shape index (κ1) is 28.9. The van der Waals surface area contributed by atoms with Crippen LogP contribution >= 0.6 is 0 Å². The molecule has 0 saturated carbocycles. The standard InChI is InChI=1S/C30H35N3O6S/c1-21-16-22(2)18-23(17-21)33(40(36,37)24-12-13-27(38-3)28(19-24)39-4)20-29(34)31-26-11-7-6-10-25(26)30(35)32-14-8-5-9-15-32/h6-7,10-13,16-19H,5,8-9,14-15,20H2,1-4H3,(H,31,34). The summed E-state index contributed by atoms with van der Waals surface area (Å²) in [6.07, 6.45) is 2.98. The van der Waals surface area contributed by atoms with Gasteiger partial charge in [0.05, 0.1) is 36.1 Å². The summed E-state index contributed by atoms with van der Waals surface area (Å²) in [5.41, 5.74) is 2.76. The van der Waals surface area contributed by atoms with Crippen molar-refractivity contribution in [2.75, 3.05) is 43.5 Å². The van der Waals surface area contributed by atoms with Crippen molar-refractivity contribution in [2.24, 2.45) is 0 Å². The Labute approximate surface area is 235 Å². The number of ether oxygens (including phenoxy) is 2. The van der Waals surface area contributed by atoms with E-state index >= 15 is 0 Å². The molecule has 1 heterocycles. The van der Waals surface area contributed by atoms with Crippen molar-refractivity contribution < 1.29 is 27.5 Å². The van der Waals surface area contributed by atoms with Crippen molar-refractivity contribution in [3.05, 3.63) is 77.4 Å². The lowest BCUT2D eigenvalue weighted by Gasteiger charge is -2.28. The van der Waals surface area contributed by atoms with Gasteiger partial charge in [0.1, 0.15) is 6.54 Å². The summed E-state index contributed by atoms with van der Waals surface area (Å²) in [6, 6.07) is 16.4. The second kappa shape index (κ2) is 12.4. The van der Waals surface area contributed by atoms with Gasteiger partial charge < -0.3 is 19.7 Å². The number of methoxy groups -OCH3 is 2. The molecule has 0 bridgehead atoms. The summed E-state index contributed by atoms with van der Waals surface area (Å²) in [5, 5.41) is 2.79. The van der Waals surface area contributed by atoms with Crippen LogP contribution in [-0.4, -0.2) is 59.0 Å². The SMILES string of the molecule is COc1ccc(S(=O)(=O)N(CC(=O)Nc2ccccc2C(=O)N2CCCCC2)c2cc(C)cc(C)c2)cc1OC. The quantitative estimate of drug-likeness (QED) is 0.400. The van der Waals surface area contributed by atoms with Gasteiger partial charge in [-0.3, -0.25) is 13.9 Å². The molecule has 212 valence electrons. The van der Waals surface area contributed by atoms with Crippen LogP contribution in [0.5, 0.6) is 11.5 Å². The number of likely N-dealkylation sites (tertiary alicyclic amines) is 1. The van der Waals surface area contributed by atoms with Crippen molar-refractivity contribution in [1.29, 1.82) is 0 Å². The minimum Gasteiger partial charge on any atom is -0.493 e. The highest BCUT2D eigenvalue weighted by molar-refractivity contribution is 7.92. The summed E-state index contributed by atoms with van der Waals surface area (Å²) in [4.78, 5) is 28.4. The molecule has 0 spiro atoms. The number of nitrogens with zero attached hydrogens (tertiary/aromatic N) is 2. The van der Waals surface area contributed by atoms with E-state index in [0.29, 0.717) is 35.8 Å². The third-order valence-corrected chi connectivity index (χ3v) is 8.57. The average molecular weight is 566 g/mol. The predicted molar refractivity (Wildman–Crippen MR) is 155 cm³/mol. The van der Waals surface area contributed by atoms with Crippen LogP contribution in [-0.2, 0) is 14.8 Å². The molecule has 0 aliphatic carbocycles. The molecule has 1 fully saturated rings. The van der Waals surface area contributed by atoms with Crippen LogP contribution < -0.4 is 19.1 Å². The van der Waals surface area contributed by atoms with E-state index < -0.39 is 22.5 Å². The van der Waals surface area contributed by atoms with E-state index in [1.54, 1.807) is 41.3 Å². The zero-order chi connectivity index (χ0) is 28.9. The number of carbonyl (C=O) groups is 2. The van der Waals surface area contributed by atoms with Crippen molar-refractivity contribution in [1.82, 2.24) is 4.90 Å². The fourth-order valence-electron chi connectivity index (χ4n) is 4.88. The molecular weight excluding hydrogens is 530 g/mol. The van der Waals surface area contributed by atoms with Gasteiger partial charge in [-0.25, -0.2) is 8.42 Å². The Hall–Kier alpha value is -4.05. The number of nitrogens with one attached hydrogen (secondary N) is 1. The largest absolute Gasteiger partial charge is 0.493 e. The summed E-state index contributed by atoms with van der Waals surface area (Å²) in [7, 11) is -1.33. The molecule has 1 aliphatic rings. The Morgan fingerprint density at radius 3 is 2.17 bits per heavy atom. The molecule has 1 saturated heterocycles. The topological polar surface area (TPSA) is 105 Å². The molecular formula is C30H35N3O6S. The molecule has 0 radical (unpaired) electrons. The highest BCUT2D eigenvalue weighted by Crippen LogP contribution is 2.33. The number of amides is 2. The van der Waals surface area contributed by atoms with Gasteiger partial charge in [-0.2, -0.15) is 0 Å². The first-order valence-electron chi connectivity index (χ1n) is 13.1. The Kier molecular flexibility index (Phi) is 8.99. The number of aryl methyl sites for hydroxylation is 2. The van der Waals surface area contributed by atoms with Gasteiger partial charge in [0.25, 0.3) is 15.9 Å². The number of rotatable bonds is 9. The van der Waals surface area contributed by atoms with Gasteiger partial charge in [-0.15, -0.1) is 0 Å². The number of hydrogen-bond donors (Lipinski definition) is 1. The molecule has 3 aromatic rings. The first-order valence-corrected chi connectivity index (χ1v) is 14.6. The molecule has 9 nitrogen and oxygen atoms in total. The number of anilines is 2. The predicted octanol–water partition coefficient (Wildman–Crippen LogP) is 4.78. The lowest BCUT2D eigenvalue weighted by atomic mass is 10.1. The van der Waals surface area contributed by atoms with Crippen molar-refractivity contribution in [3.63, 3.8) is 0 Å². The summed E-state index contributed by atoms with van der Waals surface area (Å²) < 4.78 is 39.6. The smallest absolute Gasteiger partial charge is 0.264 e. The molecule has 3 aromatic carbocycles. The van der Waals surface area contributed by atoms with Crippen molar-refractivity contribution in [3.8, 4) is 11.5 Å². The number of sulfonamides is 1. The van der Waals surface area contributed by atoms with E-state index in [0.717, 1.165) is 34.7 Å². The van der Waals surface area contributed by atoms with E-state index in [4.69, 9.17) is 9.47 Å². The second-order valence-electron chi connectivity index (χ2n) is 9.82. The fourth-order valence-corrected chi connectivity index (χ4v) is 6.30. The number of para-hydroxylation sites is 1. The Morgan fingerprint density at radius 2 is 1.52 bits per heavy atom. The van der Waals surface area contributed by atoms with E-state index in [1.165, 1.54) is 32.4 Å². The van der Waals surface area contributed by atoms with Crippen LogP contribution in [0.1, 0.15) is 40.7 Å². The number of carbonyl (C=O) groups excluding carboxylic acids is 2. The van der Waals surface area contributed by atoms with Gasteiger partial charge in [0.15, 0.2) is 11.5 Å². The van der Waals surface area contributed by atoms with E-state index in [-0.39, 0.29) is 16.6 Å². The Morgan fingerprint density at radius 1 is 0.875 bits per heavy atom. The maximum Gasteiger partial charge on any atom is 0.264 e. The van der Waals surface area contributed by atoms with Crippen LogP contribution in [0, 0.1) is 13.8 Å². The highest BCUT2D eigenvalue weighted by Gasteiger charge is 2.29. The monoisotopic (exact) mass is 565 g/mol. The number of piperidine rings is 1. The minimum absolute atomic E-state index is 0.0576. The zero-order valence-corrected chi connectivity index (χ0v) is 24.1. The zero-order valence-electron chi connectivity index (χ0n) is 23.3. The van der Waals surface area contributed by atoms with Crippen LogP contribution in [0.2, 0.25) is 0 Å². The van der Waals surface area contributed by atoms with Crippen molar-refractivity contribution >= 4 is 33.2 Å². The van der Waals surface area contributed by atoms with Gasteiger partial charge in [-0.1, -0.05) is 18.2 Å². The maximum atomic E-state index is 14.0. The summed E-state index contributed by atoms with van der Waals surface area (Å²) in [6.45, 7) is 4.56. The van der Waals surface area contributed by atoms with Gasteiger partial charge in [-0.05, 0) is 80.6 Å². The normalized spacial score (nSPS) is 13.4. The molecule has 0 aromatic heterocycles. The maximum absolute atomic E-state index is 14.0. The Bertz CT molecular complexity index is 1480. The molecule has 0 unspecified atom stereocenters. The summed E-state index contributed by atoms with van der Waals surface area (Å²) >= 11 is 0. The molecule has 4 rings (SSSR count). The lowest BCUT2D eigenvalue weighted by Crippen LogP contribution is -2.39. The van der Waals surface area contributed by atoms with E-state index in [9.17, 15) is 18.0 Å². The van der Waals surface area contributed by atoms with Crippen LogP contribution in [0.25, 0.3) is 0 Å². The van der Waals surface area contributed by atoms with Gasteiger partial charge in [0, 0.05) is 19.2 Å². The van der Waals surface area contributed by atoms with Crippen molar-refractivity contribution in [2.45, 2.75) is 38.0 Å². The average Bonchev–Trinajstić information content (AvgIpc) is 2.95. The van der Waals surface area contributed by atoms with E-state index in [2.05, 4.69) is 5.32 Å². The van der Waals surface area contributed by atoms with E-state index in [1.807, 2.05) is 19.9 Å².